The van der Waals surface area contributed by atoms with E-state index < -0.39 is 12.1 Å². The van der Waals surface area contributed by atoms with Gasteiger partial charge in [0.1, 0.15) is 0 Å². The van der Waals surface area contributed by atoms with Crippen molar-refractivity contribution in [3.05, 3.63) is 35.9 Å². The van der Waals surface area contributed by atoms with E-state index in [0.717, 1.165) is 5.56 Å². The Labute approximate surface area is 143 Å². The molecule has 0 heterocycles. The number of benzene rings is 1. The van der Waals surface area contributed by atoms with Crippen LogP contribution in [0.5, 0.6) is 0 Å². The Hall–Kier alpha value is -1.76. The predicted molar refractivity (Wildman–Crippen MR) is 85.6 cm³/mol. The number of halogens is 4. The summed E-state index contributed by atoms with van der Waals surface area (Å²) in [6.45, 7) is 0.254. The second-order valence-corrected chi connectivity index (χ2v) is 5.77. The lowest BCUT2D eigenvalue weighted by Crippen LogP contribution is -2.37. The molecule has 0 saturated carbocycles. The van der Waals surface area contributed by atoms with E-state index in [-0.39, 0.29) is 24.2 Å². The molecule has 0 fully saturated rings. The molecule has 1 aromatic rings. The van der Waals surface area contributed by atoms with Crippen molar-refractivity contribution in [2.24, 2.45) is 0 Å². The Morgan fingerprint density at radius 3 is 2.33 bits per heavy atom. The lowest BCUT2D eigenvalue weighted by molar-refractivity contribution is -0.173. The van der Waals surface area contributed by atoms with E-state index in [4.69, 9.17) is 11.6 Å². The number of nitrogens with one attached hydrogen (secondary N) is 2. The van der Waals surface area contributed by atoms with Crippen LogP contribution in [-0.2, 0) is 9.59 Å². The van der Waals surface area contributed by atoms with Crippen LogP contribution in [0.3, 0.4) is 0 Å². The average molecular weight is 365 g/mol. The van der Waals surface area contributed by atoms with Gasteiger partial charge in [0.2, 0.25) is 5.91 Å². The monoisotopic (exact) mass is 364 g/mol. The Morgan fingerprint density at radius 1 is 1.04 bits per heavy atom. The van der Waals surface area contributed by atoms with E-state index in [1.807, 2.05) is 30.3 Å². The van der Waals surface area contributed by atoms with Crippen LogP contribution in [0.2, 0.25) is 0 Å². The van der Waals surface area contributed by atoms with E-state index in [2.05, 4.69) is 5.32 Å². The molecule has 2 amide bonds. The van der Waals surface area contributed by atoms with Gasteiger partial charge in [-0.25, -0.2) is 0 Å². The highest BCUT2D eigenvalue weighted by Gasteiger charge is 2.38. The van der Waals surface area contributed by atoms with Gasteiger partial charge in [0.15, 0.2) is 0 Å². The minimum atomic E-state index is -4.85. The van der Waals surface area contributed by atoms with E-state index >= 15 is 0 Å². The summed E-state index contributed by atoms with van der Waals surface area (Å²) in [5, 5.41) is 4.20. The Kier molecular flexibility index (Phi) is 8.60. The number of carbonyl (C=O) groups excluding carboxylic acids is 2. The van der Waals surface area contributed by atoms with Crippen LogP contribution in [0.25, 0.3) is 0 Å². The average Bonchev–Trinajstić information content (AvgIpc) is 2.55. The Bertz CT molecular complexity index is 524. The molecule has 0 radical (unpaired) electrons. The van der Waals surface area contributed by atoms with E-state index in [9.17, 15) is 22.8 Å². The SMILES string of the molecule is O=C(CCCCCNC(=O)C(F)(F)F)NCC(Cl)c1ccccc1. The number of hydrogen-bond acceptors (Lipinski definition) is 2. The second kappa shape index (κ2) is 10.2. The summed E-state index contributed by atoms with van der Waals surface area (Å²) in [5.74, 6) is -2.09. The number of hydrogen-bond donors (Lipinski definition) is 2. The summed E-state index contributed by atoms with van der Waals surface area (Å²) in [7, 11) is 0. The van der Waals surface area contributed by atoms with Gasteiger partial charge in [0.25, 0.3) is 0 Å². The standard InChI is InChI=1S/C16H20ClF3N2O2/c17-13(12-7-3-1-4-8-12)11-22-14(23)9-5-2-6-10-21-15(24)16(18,19)20/h1,3-4,7-8,13H,2,5-6,9-11H2,(H,21,24)(H,22,23). The molecule has 24 heavy (non-hydrogen) atoms. The maximum Gasteiger partial charge on any atom is 0.471 e. The zero-order valence-corrected chi connectivity index (χ0v) is 13.8. The molecule has 1 atom stereocenters. The van der Waals surface area contributed by atoms with Gasteiger partial charge in [0.05, 0.1) is 5.38 Å². The summed E-state index contributed by atoms with van der Waals surface area (Å²) in [4.78, 5) is 22.2. The van der Waals surface area contributed by atoms with Crippen molar-refractivity contribution in [2.45, 2.75) is 37.2 Å². The third-order valence-corrected chi connectivity index (χ3v) is 3.67. The maximum atomic E-state index is 11.9. The van der Waals surface area contributed by atoms with Crippen LogP contribution in [0.15, 0.2) is 30.3 Å². The number of carbonyl (C=O) groups is 2. The topological polar surface area (TPSA) is 58.2 Å². The van der Waals surface area contributed by atoms with Gasteiger partial charge in [-0.1, -0.05) is 36.8 Å². The number of alkyl halides is 4. The highest BCUT2D eigenvalue weighted by Crippen LogP contribution is 2.18. The van der Waals surface area contributed by atoms with Gasteiger partial charge < -0.3 is 10.6 Å². The molecule has 0 aliphatic heterocycles. The van der Waals surface area contributed by atoms with Crippen molar-refractivity contribution in [1.82, 2.24) is 10.6 Å². The molecule has 0 saturated heterocycles. The Morgan fingerprint density at radius 2 is 1.71 bits per heavy atom. The molecule has 0 aliphatic carbocycles. The number of rotatable bonds is 9. The largest absolute Gasteiger partial charge is 0.471 e. The normalized spacial score (nSPS) is 12.5. The lowest BCUT2D eigenvalue weighted by atomic mass is 10.1. The number of amides is 2. The van der Waals surface area contributed by atoms with Gasteiger partial charge in [-0.05, 0) is 18.4 Å². The number of unbranched alkanes of at least 4 members (excludes halogenated alkanes) is 2. The van der Waals surface area contributed by atoms with Crippen molar-refractivity contribution in [1.29, 1.82) is 0 Å². The van der Waals surface area contributed by atoms with Crippen LogP contribution in [0.4, 0.5) is 13.2 Å². The van der Waals surface area contributed by atoms with Crippen LogP contribution >= 0.6 is 11.6 Å². The molecule has 1 rings (SSSR count). The zero-order valence-electron chi connectivity index (χ0n) is 13.0. The molecular weight excluding hydrogens is 345 g/mol. The van der Waals surface area contributed by atoms with E-state index in [1.165, 1.54) is 0 Å². The molecule has 4 nitrogen and oxygen atoms in total. The van der Waals surface area contributed by atoms with Crippen molar-refractivity contribution >= 4 is 23.4 Å². The summed E-state index contributed by atoms with van der Waals surface area (Å²) < 4.78 is 35.8. The van der Waals surface area contributed by atoms with E-state index in [1.54, 1.807) is 5.32 Å². The second-order valence-electron chi connectivity index (χ2n) is 5.25. The van der Waals surface area contributed by atoms with Crippen LogP contribution in [0.1, 0.15) is 36.6 Å². The Balaban J connectivity index is 2.07. The van der Waals surface area contributed by atoms with Crippen LogP contribution in [0, 0.1) is 0 Å². The van der Waals surface area contributed by atoms with E-state index in [0.29, 0.717) is 25.8 Å². The quantitative estimate of drug-likeness (QED) is 0.521. The zero-order chi connectivity index (χ0) is 18.0. The summed E-state index contributed by atoms with van der Waals surface area (Å²) in [6, 6.07) is 9.36. The molecule has 0 aromatic heterocycles. The molecule has 0 spiro atoms. The lowest BCUT2D eigenvalue weighted by Gasteiger charge is -2.11. The van der Waals surface area contributed by atoms with Crippen molar-refractivity contribution in [2.75, 3.05) is 13.1 Å². The fourth-order valence-corrected chi connectivity index (χ4v) is 2.18. The van der Waals surface area contributed by atoms with Gasteiger partial charge in [-0.15, -0.1) is 11.6 Å². The first-order chi connectivity index (χ1) is 11.3. The summed E-state index contributed by atoms with van der Waals surface area (Å²) in [5.41, 5.74) is 0.917. The first-order valence-electron chi connectivity index (χ1n) is 7.61. The summed E-state index contributed by atoms with van der Waals surface area (Å²) in [6.07, 6.45) is -3.11. The molecule has 0 aliphatic rings. The smallest absolute Gasteiger partial charge is 0.354 e. The third kappa shape index (κ3) is 8.19. The van der Waals surface area contributed by atoms with Gasteiger partial charge in [-0.2, -0.15) is 13.2 Å². The van der Waals surface area contributed by atoms with Crippen molar-refractivity contribution < 1.29 is 22.8 Å². The first-order valence-corrected chi connectivity index (χ1v) is 8.05. The van der Waals surface area contributed by atoms with Gasteiger partial charge in [0, 0.05) is 19.5 Å². The molecular formula is C16H20ClF3N2O2. The molecule has 1 aromatic carbocycles. The molecule has 1 unspecified atom stereocenters. The highest BCUT2D eigenvalue weighted by molar-refractivity contribution is 6.21. The fourth-order valence-electron chi connectivity index (χ4n) is 1.96. The van der Waals surface area contributed by atoms with Crippen molar-refractivity contribution in [3.8, 4) is 0 Å². The fraction of sp³-hybridized carbons (Fsp3) is 0.500. The van der Waals surface area contributed by atoms with Crippen LogP contribution < -0.4 is 10.6 Å². The predicted octanol–water partition coefficient (Wildman–Crippen LogP) is 3.32. The molecule has 0 bridgehead atoms. The molecule has 8 heteroatoms. The minimum absolute atomic E-state index is 0.0578. The molecule has 2 N–H and O–H groups in total. The molecule has 134 valence electrons. The third-order valence-electron chi connectivity index (χ3n) is 3.26. The highest BCUT2D eigenvalue weighted by atomic mass is 35.5. The van der Waals surface area contributed by atoms with Crippen LogP contribution in [-0.4, -0.2) is 31.1 Å². The summed E-state index contributed by atoms with van der Waals surface area (Å²) >= 11 is 6.17. The van der Waals surface area contributed by atoms with Crippen molar-refractivity contribution in [3.63, 3.8) is 0 Å². The first kappa shape index (κ1) is 20.3. The van der Waals surface area contributed by atoms with Gasteiger partial charge >= 0.3 is 12.1 Å². The van der Waals surface area contributed by atoms with Gasteiger partial charge in [-0.3, -0.25) is 9.59 Å². The maximum absolute atomic E-state index is 11.9. The minimum Gasteiger partial charge on any atom is -0.354 e.